The normalized spacial score (nSPS) is 22.9. The molecule has 1 aromatic rings. The van der Waals surface area contributed by atoms with E-state index in [9.17, 15) is 16.8 Å². The SMILES string of the molecule is Cc1ccc(N2CCCCS2(=O)=O)cc1S(=O)(=O)N1CCC(C)CC1. The third-order valence-corrected chi connectivity index (χ3v) is 9.08. The third-order valence-electron chi connectivity index (χ3n) is 5.17. The molecule has 2 aliphatic rings. The van der Waals surface area contributed by atoms with Gasteiger partial charge in [-0.1, -0.05) is 13.0 Å². The van der Waals surface area contributed by atoms with Crippen molar-refractivity contribution in [3.05, 3.63) is 23.8 Å². The molecule has 0 aliphatic carbocycles. The predicted molar refractivity (Wildman–Crippen MR) is 98.7 cm³/mol. The second-order valence-corrected chi connectivity index (χ2v) is 11.1. The van der Waals surface area contributed by atoms with Gasteiger partial charge in [-0.15, -0.1) is 0 Å². The molecule has 0 N–H and O–H groups in total. The summed E-state index contributed by atoms with van der Waals surface area (Å²) in [4.78, 5) is 0.223. The van der Waals surface area contributed by atoms with Gasteiger partial charge in [-0.25, -0.2) is 16.8 Å². The lowest BCUT2D eigenvalue weighted by Gasteiger charge is -2.31. The average Bonchev–Trinajstić information content (AvgIpc) is 2.55. The maximum absolute atomic E-state index is 13.1. The van der Waals surface area contributed by atoms with E-state index in [0.717, 1.165) is 19.3 Å². The third kappa shape index (κ3) is 3.71. The minimum Gasteiger partial charge on any atom is -0.270 e. The molecule has 0 bridgehead atoms. The van der Waals surface area contributed by atoms with Crippen molar-refractivity contribution in [2.45, 2.75) is 44.4 Å². The van der Waals surface area contributed by atoms with Crippen molar-refractivity contribution in [2.75, 3.05) is 29.7 Å². The van der Waals surface area contributed by atoms with Crippen molar-refractivity contribution in [3.63, 3.8) is 0 Å². The minimum absolute atomic E-state index is 0.118. The number of benzene rings is 1. The van der Waals surface area contributed by atoms with E-state index in [2.05, 4.69) is 6.92 Å². The van der Waals surface area contributed by atoms with E-state index in [1.54, 1.807) is 19.1 Å². The van der Waals surface area contributed by atoms with E-state index in [4.69, 9.17) is 0 Å². The van der Waals surface area contributed by atoms with Gasteiger partial charge in [-0.05, 0) is 56.2 Å². The molecular formula is C17H26N2O4S2. The second kappa shape index (κ2) is 6.89. The van der Waals surface area contributed by atoms with Gasteiger partial charge in [-0.2, -0.15) is 4.31 Å². The highest BCUT2D eigenvalue weighted by Gasteiger charge is 2.31. The Morgan fingerprint density at radius 2 is 1.76 bits per heavy atom. The summed E-state index contributed by atoms with van der Waals surface area (Å²) in [7, 11) is -6.96. The molecule has 25 heavy (non-hydrogen) atoms. The number of rotatable bonds is 3. The Kier molecular flexibility index (Phi) is 5.14. The van der Waals surface area contributed by atoms with E-state index < -0.39 is 20.0 Å². The largest absolute Gasteiger partial charge is 0.270 e. The highest BCUT2D eigenvalue weighted by atomic mass is 32.2. The van der Waals surface area contributed by atoms with E-state index in [1.165, 1.54) is 14.7 Å². The number of nitrogens with zero attached hydrogens (tertiary/aromatic N) is 2. The maximum Gasteiger partial charge on any atom is 0.243 e. The Balaban J connectivity index is 1.97. The van der Waals surface area contributed by atoms with Crippen LogP contribution in [-0.2, 0) is 20.0 Å². The topological polar surface area (TPSA) is 74.8 Å². The van der Waals surface area contributed by atoms with Gasteiger partial charge in [0.2, 0.25) is 20.0 Å². The fourth-order valence-electron chi connectivity index (χ4n) is 3.47. The molecular weight excluding hydrogens is 360 g/mol. The summed E-state index contributed by atoms with van der Waals surface area (Å²) in [5.41, 5.74) is 1.10. The van der Waals surface area contributed by atoms with Gasteiger partial charge in [0.25, 0.3) is 0 Å². The van der Waals surface area contributed by atoms with Crippen LogP contribution in [0.15, 0.2) is 23.1 Å². The van der Waals surface area contributed by atoms with E-state index >= 15 is 0 Å². The molecule has 2 saturated heterocycles. The van der Waals surface area contributed by atoms with Crippen LogP contribution in [0, 0.1) is 12.8 Å². The van der Waals surface area contributed by atoms with Crippen LogP contribution in [-0.4, -0.2) is 46.5 Å². The first kappa shape index (κ1) is 18.7. The summed E-state index contributed by atoms with van der Waals surface area (Å²) in [6, 6.07) is 4.94. The summed E-state index contributed by atoms with van der Waals surface area (Å²) < 4.78 is 53.7. The lowest BCUT2D eigenvalue weighted by atomic mass is 10.0. The Morgan fingerprint density at radius 1 is 1.08 bits per heavy atom. The van der Waals surface area contributed by atoms with E-state index in [0.29, 0.717) is 43.2 Å². The molecule has 0 aromatic heterocycles. The van der Waals surface area contributed by atoms with Crippen LogP contribution in [0.25, 0.3) is 0 Å². The van der Waals surface area contributed by atoms with Crippen LogP contribution in [0.3, 0.4) is 0 Å². The van der Waals surface area contributed by atoms with Gasteiger partial charge in [0.1, 0.15) is 0 Å². The Hall–Kier alpha value is -1.12. The number of hydrogen-bond donors (Lipinski definition) is 0. The highest BCUT2D eigenvalue weighted by Crippen LogP contribution is 2.31. The first-order valence-corrected chi connectivity index (χ1v) is 11.9. The van der Waals surface area contributed by atoms with Crippen molar-refractivity contribution in [1.82, 2.24) is 4.31 Å². The fraction of sp³-hybridized carbons (Fsp3) is 0.647. The van der Waals surface area contributed by atoms with Crippen molar-refractivity contribution in [2.24, 2.45) is 5.92 Å². The zero-order valence-corrected chi connectivity index (χ0v) is 16.4. The Labute approximate surface area is 150 Å². The van der Waals surface area contributed by atoms with Gasteiger partial charge in [0.05, 0.1) is 16.3 Å². The molecule has 0 atom stereocenters. The first-order chi connectivity index (χ1) is 11.7. The van der Waals surface area contributed by atoms with Crippen molar-refractivity contribution in [3.8, 4) is 0 Å². The first-order valence-electron chi connectivity index (χ1n) is 8.83. The number of hydrogen-bond acceptors (Lipinski definition) is 4. The molecule has 0 radical (unpaired) electrons. The molecule has 140 valence electrons. The smallest absolute Gasteiger partial charge is 0.243 e. The molecule has 2 fully saturated rings. The van der Waals surface area contributed by atoms with E-state index in [-0.39, 0.29) is 10.6 Å². The van der Waals surface area contributed by atoms with Crippen LogP contribution in [0.2, 0.25) is 0 Å². The number of anilines is 1. The van der Waals surface area contributed by atoms with Gasteiger partial charge in [-0.3, -0.25) is 4.31 Å². The van der Waals surface area contributed by atoms with Gasteiger partial charge in [0, 0.05) is 19.6 Å². The van der Waals surface area contributed by atoms with Crippen LogP contribution < -0.4 is 4.31 Å². The van der Waals surface area contributed by atoms with Gasteiger partial charge in [0.15, 0.2) is 0 Å². The van der Waals surface area contributed by atoms with Crippen LogP contribution >= 0.6 is 0 Å². The number of sulfonamides is 2. The molecule has 2 aliphatic heterocycles. The van der Waals surface area contributed by atoms with Crippen LogP contribution in [0.5, 0.6) is 0 Å². The Bertz CT molecular complexity index is 841. The summed E-state index contributed by atoms with van der Waals surface area (Å²) in [6.07, 6.45) is 3.16. The monoisotopic (exact) mass is 386 g/mol. The standard InChI is InChI=1S/C17H26N2O4S2/c1-14-7-10-18(11-8-14)25(22,23)17-13-16(6-5-15(17)2)19-9-3-4-12-24(19,20)21/h5-6,13-14H,3-4,7-12H2,1-2H3. The van der Waals surface area contributed by atoms with Gasteiger partial charge < -0.3 is 0 Å². The highest BCUT2D eigenvalue weighted by molar-refractivity contribution is 7.92. The molecule has 0 saturated carbocycles. The Morgan fingerprint density at radius 3 is 2.40 bits per heavy atom. The van der Waals surface area contributed by atoms with Crippen LogP contribution in [0.4, 0.5) is 5.69 Å². The lowest BCUT2D eigenvalue weighted by Crippen LogP contribution is -2.39. The van der Waals surface area contributed by atoms with Crippen molar-refractivity contribution in [1.29, 1.82) is 0 Å². The maximum atomic E-state index is 13.1. The summed E-state index contributed by atoms with van der Waals surface area (Å²) in [6.45, 7) is 5.35. The zero-order valence-electron chi connectivity index (χ0n) is 14.8. The lowest BCUT2D eigenvalue weighted by molar-refractivity contribution is 0.288. The molecule has 1 aromatic carbocycles. The van der Waals surface area contributed by atoms with Crippen molar-refractivity contribution < 1.29 is 16.8 Å². The van der Waals surface area contributed by atoms with Crippen LogP contribution in [0.1, 0.15) is 38.2 Å². The minimum atomic E-state index is -3.60. The van der Waals surface area contributed by atoms with E-state index in [1.807, 2.05) is 0 Å². The molecule has 8 heteroatoms. The molecule has 0 amide bonds. The zero-order chi connectivity index (χ0) is 18.2. The fourth-order valence-corrected chi connectivity index (χ4v) is 6.81. The van der Waals surface area contributed by atoms with Gasteiger partial charge >= 0.3 is 0 Å². The summed E-state index contributed by atoms with van der Waals surface area (Å²) in [5.74, 6) is 0.657. The molecule has 2 heterocycles. The average molecular weight is 387 g/mol. The second-order valence-electron chi connectivity index (χ2n) is 7.13. The number of aryl methyl sites for hydroxylation is 1. The summed E-state index contributed by atoms with van der Waals surface area (Å²) in [5, 5.41) is 0. The number of piperidine rings is 1. The molecule has 6 nitrogen and oxygen atoms in total. The van der Waals surface area contributed by atoms with Crippen molar-refractivity contribution >= 4 is 25.7 Å². The molecule has 0 unspecified atom stereocenters. The quantitative estimate of drug-likeness (QED) is 0.799. The molecule has 0 spiro atoms. The molecule has 3 rings (SSSR count). The summed E-state index contributed by atoms with van der Waals surface area (Å²) >= 11 is 0. The predicted octanol–water partition coefficient (Wildman–Crippen LogP) is 2.35.